The standard InChI is InChI=1S/C21H34O3S/c1-15(2)19-12-9-17(4)13-20(19)24-14-21(5,6)25(22,23)18-10-7-16(3)8-11-18/h7-8,10-11,15,17,19-20H,9,12-14H2,1-6H3/t17-,19+,20-/m1/s1. The number of sulfone groups is 1. The highest BCUT2D eigenvalue weighted by molar-refractivity contribution is 7.92. The van der Waals surface area contributed by atoms with Crippen molar-refractivity contribution in [2.45, 2.75) is 76.6 Å². The van der Waals surface area contributed by atoms with Gasteiger partial charge in [0.25, 0.3) is 0 Å². The van der Waals surface area contributed by atoms with Gasteiger partial charge in [-0.25, -0.2) is 8.42 Å². The molecule has 1 saturated carbocycles. The smallest absolute Gasteiger partial charge is 0.185 e. The van der Waals surface area contributed by atoms with Crippen LogP contribution in [-0.2, 0) is 14.6 Å². The minimum absolute atomic E-state index is 0.163. The fourth-order valence-corrected chi connectivity index (χ4v) is 5.08. The highest BCUT2D eigenvalue weighted by atomic mass is 32.2. The first-order valence-corrected chi connectivity index (χ1v) is 11.0. The van der Waals surface area contributed by atoms with Gasteiger partial charge in [-0.05, 0) is 63.5 Å². The van der Waals surface area contributed by atoms with Crippen molar-refractivity contribution in [2.24, 2.45) is 17.8 Å². The Labute approximate surface area is 154 Å². The molecule has 1 aliphatic carbocycles. The van der Waals surface area contributed by atoms with Crippen molar-refractivity contribution in [3.05, 3.63) is 29.8 Å². The zero-order chi connectivity index (χ0) is 18.8. The summed E-state index contributed by atoms with van der Waals surface area (Å²) in [5.74, 6) is 1.74. The molecule has 1 aromatic carbocycles. The summed E-state index contributed by atoms with van der Waals surface area (Å²) in [6.45, 7) is 12.5. The van der Waals surface area contributed by atoms with E-state index in [1.54, 1.807) is 26.0 Å². The van der Waals surface area contributed by atoms with Crippen LogP contribution in [-0.4, -0.2) is 25.9 Å². The second kappa shape index (κ2) is 7.79. The first kappa shape index (κ1) is 20.4. The third kappa shape index (κ3) is 4.65. The zero-order valence-corrected chi connectivity index (χ0v) is 17.4. The molecule has 0 amide bonds. The molecule has 2 rings (SSSR count). The minimum atomic E-state index is -3.43. The molecule has 4 heteroatoms. The Morgan fingerprint density at radius 2 is 1.76 bits per heavy atom. The van der Waals surface area contributed by atoms with Gasteiger partial charge < -0.3 is 4.74 Å². The minimum Gasteiger partial charge on any atom is -0.376 e. The lowest BCUT2D eigenvalue weighted by Crippen LogP contribution is -2.42. The Morgan fingerprint density at radius 3 is 2.32 bits per heavy atom. The fraction of sp³-hybridized carbons (Fsp3) is 0.714. The van der Waals surface area contributed by atoms with Crippen LogP contribution in [0.3, 0.4) is 0 Å². The molecule has 0 aromatic heterocycles. The largest absolute Gasteiger partial charge is 0.376 e. The SMILES string of the molecule is Cc1ccc(S(=O)(=O)C(C)(C)CO[C@@H]2C[C@H](C)CC[C@H]2C(C)C)cc1. The number of hydrogen-bond acceptors (Lipinski definition) is 3. The maximum Gasteiger partial charge on any atom is 0.185 e. The Bertz CT molecular complexity index is 659. The van der Waals surface area contributed by atoms with Crippen molar-refractivity contribution in [1.29, 1.82) is 0 Å². The maximum atomic E-state index is 13.0. The van der Waals surface area contributed by atoms with E-state index in [9.17, 15) is 8.42 Å². The van der Waals surface area contributed by atoms with Crippen LogP contribution in [0.1, 0.15) is 59.4 Å². The molecule has 142 valence electrons. The van der Waals surface area contributed by atoms with E-state index < -0.39 is 14.6 Å². The van der Waals surface area contributed by atoms with Crippen molar-refractivity contribution >= 4 is 9.84 Å². The van der Waals surface area contributed by atoms with Crippen molar-refractivity contribution in [3.63, 3.8) is 0 Å². The summed E-state index contributed by atoms with van der Waals surface area (Å²) in [5, 5.41) is 0. The van der Waals surface area contributed by atoms with Gasteiger partial charge in [-0.3, -0.25) is 0 Å². The third-order valence-electron chi connectivity index (χ3n) is 5.67. The molecular formula is C21H34O3S. The van der Waals surface area contributed by atoms with Gasteiger partial charge in [0.05, 0.1) is 22.4 Å². The highest BCUT2D eigenvalue weighted by Crippen LogP contribution is 2.36. The van der Waals surface area contributed by atoms with E-state index in [0.29, 0.717) is 22.6 Å². The second-order valence-electron chi connectivity index (χ2n) is 8.75. The molecular weight excluding hydrogens is 332 g/mol. The predicted molar refractivity (Wildman–Crippen MR) is 104 cm³/mol. The molecule has 25 heavy (non-hydrogen) atoms. The Kier molecular flexibility index (Phi) is 6.37. The van der Waals surface area contributed by atoms with Crippen molar-refractivity contribution in [1.82, 2.24) is 0 Å². The van der Waals surface area contributed by atoms with E-state index in [1.165, 1.54) is 12.8 Å². The van der Waals surface area contributed by atoms with Crippen LogP contribution in [0.4, 0.5) is 0 Å². The quantitative estimate of drug-likeness (QED) is 0.709. The van der Waals surface area contributed by atoms with Gasteiger partial charge in [0.15, 0.2) is 9.84 Å². The molecule has 3 nitrogen and oxygen atoms in total. The molecule has 1 fully saturated rings. The second-order valence-corrected chi connectivity index (χ2v) is 11.3. The average molecular weight is 367 g/mol. The van der Waals surface area contributed by atoms with Crippen LogP contribution in [0, 0.1) is 24.7 Å². The first-order valence-electron chi connectivity index (χ1n) is 9.47. The summed E-state index contributed by atoms with van der Waals surface area (Å²) in [6, 6.07) is 7.10. The molecule has 0 saturated heterocycles. The molecule has 0 heterocycles. The van der Waals surface area contributed by atoms with Crippen LogP contribution < -0.4 is 0 Å². The Balaban J connectivity index is 2.12. The van der Waals surface area contributed by atoms with Gasteiger partial charge in [0.2, 0.25) is 0 Å². The lowest BCUT2D eigenvalue weighted by molar-refractivity contribution is -0.0444. The number of rotatable bonds is 6. The van der Waals surface area contributed by atoms with E-state index >= 15 is 0 Å². The third-order valence-corrected chi connectivity index (χ3v) is 8.13. The molecule has 3 atom stereocenters. The van der Waals surface area contributed by atoms with Crippen molar-refractivity contribution < 1.29 is 13.2 Å². The van der Waals surface area contributed by atoms with Crippen LogP contribution in [0.2, 0.25) is 0 Å². The number of ether oxygens (including phenoxy) is 1. The van der Waals surface area contributed by atoms with Crippen LogP contribution in [0.5, 0.6) is 0 Å². The number of aryl methyl sites for hydroxylation is 1. The molecule has 1 aliphatic rings. The summed E-state index contributed by atoms with van der Waals surface area (Å²) >= 11 is 0. The van der Waals surface area contributed by atoms with Gasteiger partial charge in [-0.1, -0.05) is 44.9 Å². The van der Waals surface area contributed by atoms with E-state index in [2.05, 4.69) is 20.8 Å². The maximum absolute atomic E-state index is 13.0. The van der Waals surface area contributed by atoms with Crippen LogP contribution in [0.15, 0.2) is 29.2 Å². The van der Waals surface area contributed by atoms with E-state index in [0.717, 1.165) is 12.0 Å². The Hall–Kier alpha value is -0.870. The molecule has 0 radical (unpaired) electrons. The first-order chi connectivity index (χ1) is 11.5. The average Bonchev–Trinajstić information content (AvgIpc) is 2.53. The summed E-state index contributed by atoms with van der Waals surface area (Å²) in [4.78, 5) is 0.379. The van der Waals surface area contributed by atoms with Gasteiger partial charge >= 0.3 is 0 Å². The molecule has 0 spiro atoms. The zero-order valence-electron chi connectivity index (χ0n) is 16.6. The molecule has 0 N–H and O–H groups in total. The molecule has 0 unspecified atom stereocenters. The fourth-order valence-electron chi connectivity index (χ4n) is 3.73. The molecule has 0 bridgehead atoms. The normalized spacial score (nSPS) is 25.3. The monoisotopic (exact) mass is 366 g/mol. The number of hydrogen-bond donors (Lipinski definition) is 0. The van der Waals surface area contributed by atoms with Gasteiger partial charge in [-0.15, -0.1) is 0 Å². The summed E-state index contributed by atoms with van der Waals surface area (Å²) in [6.07, 6.45) is 3.61. The van der Waals surface area contributed by atoms with E-state index in [-0.39, 0.29) is 12.7 Å². The summed E-state index contributed by atoms with van der Waals surface area (Å²) < 4.78 is 31.4. The number of benzene rings is 1. The van der Waals surface area contributed by atoms with E-state index in [4.69, 9.17) is 4.74 Å². The van der Waals surface area contributed by atoms with Gasteiger partial charge in [0, 0.05) is 0 Å². The van der Waals surface area contributed by atoms with E-state index in [1.807, 2.05) is 19.1 Å². The van der Waals surface area contributed by atoms with Crippen LogP contribution >= 0.6 is 0 Å². The van der Waals surface area contributed by atoms with Crippen LogP contribution in [0.25, 0.3) is 0 Å². The summed E-state index contributed by atoms with van der Waals surface area (Å²) in [7, 11) is -3.43. The molecule has 1 aromatic rings. The topological polar surface area (TPSA) is 43.4 Å². The lowest BCUT2D eigenvalue weighted by atomic mass is 9.75. The molecule has 0 aliphatic heterocycles. The van der Waals surface area contributed by atoms with Gasteiger partial charge in [0.1, 0.15) is 0 Å². The summed E-state index contributed by atoms with van der Waals surface area (Å²) in [5.41, 5.74) is 1.06. The lowest BCUT2D eigenvalue weighted by Gasteiger charge is -2.38. The van der Waals surface area contributed by atoms with Crippen molar-refractivity contribution in [3.8, 4) is 0 Å². The Morgan fingerprint density at radius 1 is 1.16 bits per heavy atom. The van der Waals surface area contributed by atoms with Crippen molar-refractivity contribution in [2.75, 3.05) is 6.61 Å². The highest BCUT2D eigenvalue weighted by Gasteiger charge is 2.39. The van der Waals surface area contributed by atoms with Gasteiger partial charge in [-0.2, -0.15) is 0 Å². The predicted octanol–water partition coefficient (Wildman–Crippen LogP) is 5.02.